The Morgan fingerprint density at radius 1 is 1.00 bits per heavy atom. The third-order valence-electron chi connectivity index (χ3n) is 6.09. The van der Waals surface area contributed by atoms with Crippen LogP contribution in [0.5, 0.6) is 11.5 Å². The van der Waals surface area contributed by atoms with Crippen LogP contribution in [0, 0.1) is 0 Å². The van der Waals surface area contributed by atoms with Gasteiger partial charge < -0.3 is 9.64 Å². The molecule has 7 nitrogen and oxygen atoms in total. The molecule has 0 aliphatic carbocycles. The maximum atomic E-state index is 11.5. The maximum Gasteiger partial charge on any atom is 0.219 e. The Morgan fingerprint density at radius 2 is 1.78 bits per heavy atom. The predicted molar refractivity (Wildman–Crippen MR) is 126 cm³/mol. The van der Waals surface area contributed by atoms with Gasteiger partial charge >= 0.3 is 0 Å². The minimum Gasteiger partial charge on any atom is -0.457 e. The van der Waals surface area contributed by atoms with Gasteiger partial charge in [0.25, 0.3) is 0 Å². The molecule has 2 aliphatic heterocycles. The number of fused-ring (bicyclic) bond motifs is 1. The molecule has 7 heteroatoms. The number of rotatable bonds is 6. The average molecular weight is 430 g/mol. The zero-order valence-corrected chi connectivity index (χ0v) is 18.3. The Balaban J connectivity index is 1.19. The molecule has 1 amide bonds. The van der Waals surface area contributed by atoms with Crippen molar-refractivity contribution in [1.82, 2.24) is 19.6 Å². The van der Waals surface area contributed by atoms with E-state index in [1.165, 1.54) is 11.1 Å². The van der Waals surface area contributed by atoms with Crippen molar-refractivity contribution < 1.29 is 9.53 Å². The Bertz CT molecular complexity index is 1170. The minimum atomic E-state index is 0.165. The second-order valence-electron chi connectivity index (χ2n) is 8.27. The SMILES string of the molecule is CC(=O)N1CCN(CCn2cc3cc(Oc4ccc(C5=CC=NC5)cc4)ccc3n2)CC1. The Morgan fingerprint density at radius 3 is 2.50 bits per heavy atom. The van der Waals surface area contributed by atoms with Gasteiger partial charge in [-0.15, -0.1) is 0 Å². The number of benzene rings is 2. The number of aliphatic imine (C=N–C) groups is 1. The van der Waals surface area contributed by atoms with Crippen molar-refractivity contribution in [2.75, 3.05) is 39.3 Å². The van der Waals surface area contributed by atoms with Gasteiger partial charge in [-0.25, -0.2) is 0 Å². The molecule has 3 heterocycles. The molecule has 5 rings (SSSR count). The average Bonchev–Trinajstić information content (AvgIpc) is 3.48. The van der Waals surface area contributed by atoms with E-state index >= 15 is 0 Å². The standard InChI is InChI=1S/C25H27N5O2/c1-19(31)29-13-10-28(11-14-29)12-15-30-18-22-16-24(6-7-25(22)27-30)32-23-4-2-20(3-5-23)21-8-9-26-17-21/h2-9,16,18H,10-15,17H2,1H3. The van der Waals surface area contributed by atoms with Crippen molar-refractivity contribution in [3.8, 4) is 11.5 Å². The smallest absolute Gasteiger partial charge is 0.219 e. The van der Waals surface area contributed by atoms with Crippen molar-refractivity contribution in [1.29, 1.82) is 0 Å². The first-order valence-electron chi connectivity index (χ1n) is 11.1. The Labute approximate surface area is 187 Å². The highest BCUT2D eigenvalue weighted by molar-refractivity contribution is 5.89. The summed E-state index contributed by atoms with van der Waals surface area (Å²) in [6.07, 6.45) is 5.97. The number of piperazine rings is 1. The third-order valence-corrected chi connectivity index (χ3v) is 6.09. The zero-order valence-electron chi connectivity index (χ0n) is 18.3. The van der Waals surface area contributed by atoms with Crippen LogP contribution in [0.25, 0.3) is 16.5 Å². The van der Waals surface area contributed by atoms with Gasteiger partial charge in [-0.1, -0.05) is 12.1 Å². The third kappa shape index (κ3) is 4.57. The number of hydrogen-bond acceptors (Lipinski definition) is 5. The zero-order chi connectivity index (χ0) is 21.9. The van der Waals surface area contributed by atoms with Crippen LogP contribution >= 0.6 is 0 Å². The van der Waals surface area contributed by atoms with Crippen molar-refractivity contribution in [3.05, 3.63) is 60.3 Å². The summed E-state index contributed by atoms with van der Waals surface area (Å²) in [5.41, 5.74) is 3.36. The molecule has 0 radical (unpaired) electrons. The topological polar surface area (TPSA) is 63.0 Å². The number of hydrogen-bond donors (Lipinski definition) is 0. The molecule has 0 saturated carbocycles. The van der Waals surface area contributed by atoms with Gasteiger partial charge in [0, 0.05) is 57.4 Å². The van der Waals surface area contributed by atoms with Gasteiger partial charge in [0.1, 0.15) is 11.5 Å². The van der Waals surface area contributed by atoms with Crippen molar-refractivity contribution in [2.45, 2.75) is 13.5 Å². The highest BCUT2D eigenvalue weighted by atomic mass is 16.5. The second kappa shape index (κ2) is 8.96. The summed E-state index contributed by atoms with van der Waals surface area (Å²) in [4.78, 5) is 20.0. The van der Waals surface area contributed by atoms with Gasteiger partial charge in [-0.3, -0.25) is 19.4 Å². The summed E-state index contributed by atoms with van der Waals surface area (Å²) >= 11 is 0. The fraction of sp³-hybridized carbons (Fsp3) is 0.320. The van der Waals surface area contributed by atoms with Crippen molar-refractivity contribution >= 4 is 28.6 Å². The molecule has 1 aromatic heterocycles. The molecule has 0 spiro atoms. The lowest BCUT2D eigenvalue weighted by molar-refractivity contribution is -0.130. The summed E-state index contributed by atoms with van der Waals surface area (Å²) in [5.74, 6) is 1.77. The molecular weight excluding hydrogens is 402 g/mol. The second-order valence-corrected chi connectivity index (χ2v) is 8.27. The van der Waals surface area contributed by atoms with Crippen molar-refractivity contribution in [2.24, 2.45) is 4.99 Å². The molecule has 2 aromatic carbocycles. The normalized spacial score (nSPS) is 16.5. The van der Waals surface area contributed by atoms with E-state index in [-0.39, 0.29) is 5.91 Å². The molecule has 32 heavy (non-hydrogen) atoms. The molecule has 164 valence electrons. The van der Waals surface area contributed by atoms with E-state index < -0.39 is 0 Å². The van der Waals surface area contributed by atoms with Crippen LogP contribution in [0.4, 0.5) is 0 Å². The number of nitrogens with zero attached hydrogens (tertiary/aromatic N) is 5. The number of allylic oxidation sites excluding steroid dienone is 1. The van der Waals surface area contributed by atoms with Gasteiger partial charge in [0.15, 0.2) is 0 Å². The highest BCUT2D eigenvalue weighted by Gasteiger charge is 2.18. The maximum absolute atomic E-state index is 11.5. The largest absolute Gasteiger partial charge is 0.457 e. The summed E-state index contributed by atoms with van der Waals surface area (Å²) < 4.78 is 8.07. The minimum absolute atomic E-state index is 0.165. The van der Waals surface area contributed by atoms with Crippen LogP contribution in [0.2, 0.25) is 0 Å². The lowest BCUT2D eigenvalue weighted by Gasteiger charge is -2.34. The molecule has 3 aromatic rings. The fourth-order valence-corrected chi connectivity index (χ4v) is 4.17. The van der Waals surface area contributed by atoms with Gasteiger partial charge in [-0.05, 0) is 47.5 Å². The predicted octanol–water partition coefficient (Wildman–Crippen LogP) is 3.46. The van der Waals surface area contributed by atoms with E-state index in [0.29, 0.717) is 0 Å². The quantitative estimate of drug-likeness (QED) is 0.602. The van der Waals surface area contributed by atoms with E-state index in [0.717, 1.165) is 68.2 Å². The van der Waals surface area contributed by atoms with Crippen LogP contribution < -0.4 is 4.74 Å². The van der Waals surface area contributed by atoms with Crippen LogP contribution in [0.3, 0.4) is 0 Å². The van der Waals surface area contributed by atoms with E-state index in [9.17, 15) is 4.79 Å². The molecular formula is C25H27N5O2. The first-order chi connectivity index (χ1) is 15.6. The monoisotopic (exact) mass is 429 g/mol. The van der Waals surface area contributed by atoms with Crippen LogP contribution in [0.15, 0.2) is 59.7 Å². The van der Waals surface area contributed by atoms with E-state index in [4.69, 9.17) is 9.84 Å². The lowest BCUT2D eigenvalue weighted by atomic mass is 10.1. The molecule has 0 N–H and O–H groups in total. The summed E-state index contributed by atoms with van der Waals surface area (Å²) in [6, 6.07) is 14.1. The number of aromatic nitrogens is 2. The molecule has 1 saturated heterocycles. The van der Waals surface area contributed by atoms with E-state index in [1.807, 2.05) is 52.2 Å². The van der Waals surface area contributed by atoms with Gasteiger partial charge in [0.2, 0.25) is 5.91 Å². The number of ether oxygens (including phenoxy) is 1. The van der Waals surface area contributed by atoms with E-state index in [2.05, 4.69) is 28.2 Å². The number of amides is 1. The van der Waals surface area contributed by atoms with Crippen molar-refractivity contribution in [3.63, 3.8) is 0 Å². The van der Waals surface area contributed by atoms with Crippen LogP contribution in [0.1, 0.15) is 12.5 Å². The molecule has 0 unspecified atom stereocenters. The summed E-state index contributed by atoms with van der Waals surface area (Å²) in [6.45, 7) is 7.59. The summed E-state index contributed by atoms with van der Waals surface area (Å²) in [5, 5.41) is 5.76. The molecule has 1 fully saturated rings. The first-order valence-corrected chi connectivity index (χ1v) is 11.1. The van der Waals surface area contributed by atoms with E-state index in [1.54, 1.807) is 6.92 Å². The number of carbonyl (C=O) groups excluding carboxylic acids is 1. The molecule has 2 aliphatic rings. The number of carbonyl (C=O) groups is 1. The lowest BCUT2D eigenvalue weighted by Crippen LogP contribution is -2.48. The van der Waals surface area contributed by atoms with Gasteiger partial charge in [-0.2, -0.15) is 5.10 Å². The van der Waals surface area contributed by atoms with Gasteiger partial charge in [0.05, 0.1) is 18.6 Å². The highest BCUT2D eigenvalue weighted by Crippen LogP contribution is 2.27. The molecule has 0 bridgehead atoms. The molecule has 0 atom stereocenters. The van der Waals surface area contributed by atoms with Crippen LogP contribution in [-0.2, 0) is 11.3 Å². The Kier molecular flexibility index (Phi) is 5.73. The Hall–Kier alpha value is -3.45. The van der Waals surface area contributed by atoms with Crippen LogP contribution in [-0.4, -0.2) is 71.0 Å². The fourth-order valence-electron chi connectivity index (χ4n) is 4.17. The summed E-state index contributed by atoms with van der Waals surface area (Å²) in [7, 11) is 0. The first kappa shape index (κ1) is 20.5.